The molecule has 1 aromatic carbocycles. The summed E-state index contributed by atoms with van der Waals surface area (Å²) in [7, 11) is 0. The highest BCUT2D eigenvalue weighted by Gasteiger charge is 2.52. The van der Waals surface area contributed by atoms with Crippen molar-refractivity contribution >= 4 is 40.1 Å². The summed E-state index contributed by atoms with van der Waals surface area (Å²) < 4.78 is 4.71. The van der Waals surface area contributed by atoms with Crippen molar-refractivity contribution < 1.29 is 9.53 Å². The number of carbonyl (C=O) groups excluding carboxylic acids is 1. The van der Waals surface area contributed by atoms with E-state index in [1.807, 2.05) is 38.1 Å². The summed E-state index contributed by atoms with van der Waals surface area (Å²) in [4.78, 5) is 17.2. The van der Waals surface area contributed by atoms with Crippen molar-refractivity contribution in [2.75, 3.05) is 6.61 Å². The molecule has 1 aliphatic carbocycles. The van der Waals surface area contributed by atoms with Gasteiger partial charge >= 0.3 is 5.97 Å². The van der Waals surface area contributed by atoms with Crippen LogP contribution in [0.3, 0.4) is 0 Å². The number of ether oxygens (including phenoxy) is 1. The summed E-state index contributed by atoms with van der Waals surface area (Å²) in [5, 5.41) is 0.820. The number of carbonyl (C=O) groups is 1. The van der Waals surface area contributed by atoms with Crippen molar-refractivity contribution in [1.29, 1.82) is 0 Å². The van der Waals surface area contributed by atoms with E-state index in [0.29, 0.717) is 12.0 Å². The molecule has 0 amide bonds. The lowest BCUT2D eigenvalue weighted by Gasteiger charge is -2.13. The molecule has 0 N–H and O–H groups in total. The Kier molecular flexibility index (Phi) is 4.04. The maximum atomic E-state index is 12.6. The molecule has 0 unspecified atom stereocenters. The molecule has 0 radical (unpaired) electrons. The average Bonchev–Trinajstić information content (AvgIpc) is 3.11. The highest BCUT2D eigenvalue weighted by molar-refractivity contribution is 6.50. The van der Waals surface area contributed by atoms with Crippen LogP contribution in [0.25, 0.3) is 10.9 Å². The van der Waals surface area contributed by atoms with Gasteiger partial charge in [0, 0.05) is 17.0 Å². The van der Waals surface area contributed by atoms with Gasteiger partial charge in [-0.15, -0.1) is 23.2 Å². The summed E-state index contributed by atoms with van der Waals surface area (Å²) in [5.41, 5.74) is 3.20. The van der Waals surface area contributed by atoms with Crippen LogP contribution in [-0.2, 0) is 11.2 Å². The Morgan fingerprint density at radius 3 is 2.73 bits per heavy atom. The van der Waals surface area contributed by atoms with Gasteiger partial charge < -0.3 is 4.74 Å². The topological polar surface area (TPSA) is 39.2 Å². The van der Waals surface area contributed by atoms with Crippen LogP contribution in [-0.4, -0.2) is 21.9 Å². The molecule has 1 saturated carbocycles. The van der Waals surface area contributed by atoms with Crippen LogP contribution in [0.15, 0.2) is 24.3 Å². The number of aryl methyl sites for hydroxylation is 1. The summed E-state index contributed by atoms with van der Waals surface area (Å²) >= 11 is 11.9. The zero-order chi connectivity index (χ0) is 15.9. The normalized spacial score (nSPS) is 19.2. The van der Waals surface area contributed by atoms with Gasteiger partial charge in [0.2, 0.25) is 0 Å². The quantitative estimate of drug-likeness (QED) is 0.610. The lowest BCUT2D eigenvalue weighted by atomic mass is 10.0. The molecule has 0 spiro atoms. The number of alkyl halides is 2. The molecule has 5 heteroatoms. The number of benzene rings is 1. The average molecular weight is 338 g/mol. The fourth-order valence-electron chi connectivity index (χ4n) is 2.66. The first-order valence-corrected chi connectivity index (χ1v) is 8.12. The van der Waals surface area contributed by atoms with Crippen molar-refractivity contribution in [3.05, 3.63) is 41.1 Å². The molecule has 0 bridgehead atoms. The number of hydrogen-bond donors (Lipinski definition) is 0. The molecule has 1 heterocycles. The first-order chi connectivity index (χ1) is 10.4. The largest absolute Gasteiger partial charge is 0.462 e. The molecular weight excluding hydrogens is 321 g/mol. The number of aromatic nitrogens is 1. The molecule has 1 fully saturated rings. The maximum Gasteiger partial charge on any atom is 0.339 e. The van der Waals surface area contributed by atoms with Gasteiger partial charge in [0.05, 0.1) is 17.7 Å². The summed E-state index contributed by atoms with van der Waals surface area (Å²) in [5.74, 6) is -0.305. The molecule has 1 atom stereocenters. The smallest absolute Gasteiger partial charge is 0.339 e. The number of halogens is 2. The molecule has 0 aliphatic heterocycles. The SMILES string of the molecule is CCc1nc2ccccc2c(C(=O)OC[C@@H]2CC2(Cl)Cl)c1C. The van der Waals surface area contributed by atoms with Crippen LogP contribution in [0, 0.1) is 12.8 Å². The highest BCUT2D eigenvalue weighted by atomic mass is 35.5. The van der Waals surface area contributed by atoms with Gasteiger partial charge in [-0.05, 0) is 31.4 Å². The zero-order valence-corrected chi connectivity index (χ0v) is 14.0. The Balaban J connectivity index is 1.94. The maximum absolute atomic E-state index is 12.6. The first kappa shape index (κ1) is 15.6. The van der Waals surface area contributed by atoms with E-state index in [1.165, 1.54) is 0 Å². The van der Waals surface area contributed by atoms with Crippen molar-refractivity contribution in [2.24, 2.45) is 5.92 Å². The minimum atomic E-state index is -0.732. The minimum Gasteiger partial charge on any atom is -0.462 e. The zero-order valence-electron chi connectivity index (χ0n) is 12.5. The number of pyridine rings is 1. The molecular formula is C17H17Cl2NO2. The van der Waals surface area contributed by atoms with Crippen molar-refractivity contribution in [1.82, 2.24) is 4.98 Å². The number of nitrogens with zero attached hydrogens (tertiary/aromatic N) is 1. The van der Waals surface area contributed by atoms with Gasteiger partial charge in [-0.25, -0.2) is 4.79 Å². The molecule has 1 aliphatic rings. The van der Waals surface area contributed by atoms with E-state index in [0.717, 1.165) is 28.6 Å². The van der Waals surface area contributed by atoms with Crippen LogP contribution in [0.1, 0.15) is 35.0 Å². The molecule has 116 valence electrons. The van der Waals surface area contributed by atoms with Gasteiger partial charge in [0.15, 0.2) is 0 Å². The molecule has 0 saturated heterocycles. The summed E-state index contributed by atoms with van der Waals surface area (Å²) in [6.07, 6.45) is 1.44. The Hall–Kier alpha value is -1.32. The second-order valence-electron chi connectivity index (χ2n) is 5.69. The first-order valence-electron chi connectivity index (χ1n) is 7.37. The summed E-state index contributed by atoms with van der Waals surface area (Å²) in [6.45, 7) is 4.20. The number of rotatable bonds is 4. The fraction of sp³-hybridized carbons (Fsp3) is 0.412. The highest BCUT2D eigenvalue weighted by Crippen LogP contribution is 2.53. The monoisotopic (exact) mass is 337 g/mol. The van der Waals surface area contributed by atoms with Crippen LogP contribution in [0.5, 0.6) is 0 Å². The molecule has 3 rings (SSSR count). The fourth-order valence-corrected chi connectivity index (χ4v) is 3.16. The van der Waals surface area contributed by atoms with E-state index in [2.05, 4.69) is 4.98 Å². The number of hydrogen-bond acceptors (Lipinski definition) is 3. The van der Waals surface area contributed by atoms with Gasteiger partial charge in [-0.2, -0.15) is 0 Å². The van der Waals surface area contributed by atoms with E-state index in [-0.39, 0.29) is 18.5 Å². The number of fused-ring (bicyclic) bond motifs is 1. The third-order valence-corrected chi connectivity index (χ3v) is 5.07. The standard InChI is InChI=1S/C17H17Cl2NO2/c1-3-13-10(2)15(12-6-4-5-7-14(12)20-13)16(21)22-9-11-8-17(11,18)19/h4-7,11H,3,8-9H2,1-2H3/t11-/m0/s1. The molecule has 2 aromatic rings. The van der Waals surface area contributed by atoms with Gasteiger partial charge in [-0.3, -0.25) is 4.98 Å². The lowest BCUT2D eigenvalue weighted by molar-refractivity contribution is 0.0486. The van der Waals surface area contributed by atoms with E-state index >= 15 is 0 Å². The van der Waals surface area contributed by atoms with E-state index in [9.17, 15) is 4.79 Å². The van der Waals surface area contributed by atoms with Crippen molar-refractivity contribution in [3.63, 3.8) is 0 Å². The van der Waals surface area contributed by atoms with Crippen LogP contribution < -0.4 is 0 Å². The van der Waals surface area contributed by atoms with Crippen LogP contribution >= 0.6 is 23.2 Å². The number of esters is 1. The van der Waals surface area contributed by atoms with E-state index in [1.54, 1.807) is 0 Å². The predicted molar refractivity (Wildman–Crippen MR) is 88.7 cm³/mol. The lowest BCUT2D eigenvalue weighted by Crippen LogP contribution is -2.13. The minimum absolute atomic E-state index is 0.0267. The number of para-hydroxylation sites is 1. The van der Waals surface area contributed by atoms with Gasteiger partial charge in [0.1, 0.15) is 4.33 Å². The Morgan fingerprint density at radius 2 is 2.09 bits per heavy atom. The Morgan fingerprint density at radius 1 is 1.41 bits per heavy atom. The molecule has 3 nitrogen and oxygen atoms in total. The second kappa shape index (κ2) is 5.71. The summed E-state index contributed by atoms with van der Waals surface area (Å²) in [6, 6.07) is 7.62. The Bertz CT molecular complexity index is 743. The third-order valence-electron chi connectivity index (χ3n) is 4.15. The van der Waals surface area contributed by atoms with Crippen LogP contribution in [0.4, 0.5) is 0 Å². The molecule has 1 aromatic heterocycles. The van der Waals surface area contributed by atoms with Gasteiger partial charge in [0.25, 0.3) is 0 Å². The van der Waals surface area contributed by atoms with E-state index < -0.39 is 4.33 Å². The van der Waals surface area contributed by atoms with Crippen LogP contribution in [0.2, 0.25) is 0 Å². The van der Waals surface area contributed by atoms with Crippen molar-refractivity contribution in [3.8, 4) is 0 Å². The Labute approximate surface area is 139 Å². The molecule has 22 heavy (non-hydrogen) atoms. The van der Waals surface area contributed by atoms with E-state index in [4.69, 9.17) is 27.9 Å². The van der Waals surface area contributed by atoms with Crippen molar-refractivity contribution in [2.45, 2.75) is 31.0 Å². The third kappa shape index (κ3) is 2.80. The van der Waals surface area contributed by atoms with Gasteiger partial charge in [-0.1, -0.05) is 25.1 Å². The second-order valence-corrected chi connectivity index (χ2v) is 7.23. The predicted octanol–water partition coefficient (Wildman–Crippen LogP) is 4.46.